The van der Waals surface area contributed by atoms with Crippen molar-refractivity contribution in [2.75, 3.05) is 0 Å². The standard InChI is InChI=1S/C29H30O8/c1-13(2)21-23(32)19(14(3)30)25(34)29(36)26(35)22-24(33)20-17(10-27(22,4)12-28(21,29)5)16(6-7-18(20)31)15-8-9-37-11-15/h6-9,11,13,21,31-32,35-36H,10,12H2,1-5H3/t21?,27-,28-,29+/m1/s1. The average molecular weight is 507 g/mol. The number of aliphatic hydroxyl groups is 3. The first kappa shape index (κ1) is 25.0. The van der Waals surface area contributed by atoms with Crippen molar-refractivity contribution in [1.29, 1.82) is 0 Å². The molecule has 3 aliphatic carbocycles. The molecule has 194 valence electrons. The SMILES string of the molecule is CC(=O)C1=C(O)C(C(C)C)[C@@]2(C)C[C@@]3(C)Cc4c(-c5ccoc5)ccc(O)c4C(=O)C3=C(O)[C@@]2(O)C1=O. The second kappa shape index (κ2) is 7.68. The summed E-state index contributed by atoms with van der Waals surface area (Å²) in [7, 11) is 0. The molecule has 1 aromatic carbocycles. The largest absolute Gasteiger partial charge is 0.511 e. The lowest BCUT2D eigenvalue weighted by Gasteiger charge is -2.59. The van der Waals surface area contributed by atoms with Gasteiger partial charge in [-0.2, -0.15) is 0 Å². The van der Waals surface area contributed by atoms with Crippen LogP contribution < -0.4 is 0 Å². The minimum absolute atomic E-state index is 0.0150. The van der Waals surface area contributed by atoms with Gasteiger partial charge in [0.15, 0.2) is 17.2 Å². The van der Waals surface area contributed by atoms with E-state index in [1.165, 1.54) is 18.6 Å². The molecule has 8 nitrogen and oxygen atoms in total. The number of aliphatic hydroxyl groups excluding tert-OH is 2. The summed E-state index contributed by atoms with van der Waals surface area (Å²) in [4.78, 5) is 40.1. The van der Waals surface area contributed by atoms with E-state index in [9.17, 15) is 34.8 Å². The Morgan fingerprint density at radius 1 is 1.11 bits per heavy atom. The second-order valence-corrected chi connectivity index (χ2v) is 11.5. The smallest absolute Gasteiger partial charge is 0.209 e. The predicted molar refractivity (Wildman–Crippen MR) is 133 cm³/mol. The zero-order valence-corrected chi connectivity index (χ0v) is 21.4. The van der Waals surface area contributed by atoms with Gasteiger partial charge < -0.3 is 24.8 Å². The van der Waals surface area contributed by atoms with Gasteiger partial charge in [0.25, 0.3) is 0 Å². The van der Waals surface area contributed by atoms with Crippen molar-refractivity contribution in [2.45, 2.75) is 53.1 Å². The van der Waals surface area contributed by atoms with Gasteiger partial charge in [-0.25, -0.2) is 0 Å². The van der Waals surface area contributed by atoms with Crippen molar-refractivity contribution < 1.29 is 39.2 Å². The number of benzene rings is 1. The van der Waals surface area contributed by atoms with Gasteiger partial charge in [-0.15, -0.1) is 0 Å². The van der Waals surface area contributed by atoms with Crippen molar-refractivity contribution >= 4 is 17.3 Å². The van der Waals surface area contributed by atoms with E-state index in [1.54, 1.807) is 39.8 Å². The number of Topliss-reactive ketones (excluding diaryl/α,β-unsaturated/α-hetero) is 3. The van der Waals surface area contributed by atoms with Gasteiger partial charge in [0, 0.05) is 27.9 Å². The number of hydrogen-bond donors (Lipinski definition) is 4. The van der Waals surface area contributed by atoms with Crippen LogP contribution in [0.15, 0.2) is 57.8 Å². The van der Waals surface area contributed by atoms with Crippen molar-refractivity contribution in [3.63, 3.8) is 0 Å². The van der Waals surface area contributed by atoms with Gasteiger partial charge in [-0.05, 0) is 48.9 Å². The normalized spacial score (nSPS) is 31.4. The van der Waals surface area contributed by atoms with Crippen molar-refractivity contribution in [2.24, 2.45) is 22.7 Å². The van der Waals surface area contributed by atoms with E-state index < -0.39 is 56.8 Å². The van der Waals surface area contributed by atoms with Crippen LogP contribution in [0.25, 0.3) is 11.1 Å². The first-order chi connectivity index (χ1) is 17.2. The maximum Gasteiger partial charge on any atom is 0.209 e. The van der Waals surface area contributed by atoms with Crippen LogP contribution in [-0.4, -0.2) is 43.4 Å². The van der Waals surface area contributed by atoms with E-state index in [1.807, 2.05) is 0 Å². The lowest BCUT2D eigenvalue weighted by molar-refractivity contribution is -0.171. The molecule has 37 heavy (non-hydrogen) atoms. The van der Waals surface area contributed by atoms with Crippen LogP contribution in [0.1, 0.15) is 57.0 Å². The Kier molecular flexibility index (Phi) is 5.19. The summed E-state index contributed by atoms with van der Waals surface area (Å²) in [5.74, 6) is -5.26. The number of fused-ring (bicyclic) bond motifs is 3. The van der Waals surface area contributed by atoms with E-state index in [4.69, 9.17) is 4.42 Å². The first-order valence-corrected chi connectivity index (χ1v) is 12.3. The molecule has 1 unspecified atom stereocenters. The van der Waals surface area contributed by atoms with Crippen LogP contribution in [0.5, 0.6) is 5.75 Å². The fraction of sp³-hybridized carbons (Fsp3) is 0.414. The number of ketones is 3. The van der Waals surface area contributed by atoms with Gasteiger partial charge in [-0.3, -0.25) is 14.4 Å². The molecular weight excluding hydrogens is 476 g/mol. The summed E-state index contributed by atoms with van der Waals surface area (Å²) in [6.45, 7) is 8.10. The van der Waals surface area contributed by atoms with E-state index >= 15 is 0 Å². The molecule has 4 atom stereocenters. The van der Waals surface area contributed by atoms with Crippen LogP contribution in [0.3, 0.4) is 0 Å². The van der Waals surface area contributed by atoms with E-state index in [0.717, 1.165) is 6.92 Å². The van der Waals surface area contributed by atoms with Crippen molar-refractivity contribution in [3.05, 3.63) is 64.5 Å². The fourth-order valence-corrected chi connectivity index (χ4v) is 7.42. The molecule has 0 saturated carbocycles. The Hall–Kier alpha value is -3.65. The Labute approximate surface area is 213 Å². The molecule has 8 heteroatoms. The summed E-state index contributed by atoms with van der Waals surface area (Å²) < 4.78 is 5.23. The maximum absolute atomic E-state index is 14.0. The number of rotatable bonds is 3. The van der Waals surface area contributed by atoms with Crippen LogP contribution in [0, 0.1) is 22.7 Å². The molecule has 0 saturated heterocycles. The molecule has 1 heterocycles. The molecule has 0 bridgehead atoms. The molecular formula is C29H30O8. The van der Waals surface area contributed by atoms with Crippen LogP contribution in [0.2, 0.25) is 0 Å². The van der Waals surface area contributed by atoms with Gasteiger partial charge in [0.05, 0.1) is 18.1 Å². The lowest BCUT2D eigenvalue weighted by Crippen LogP contribution is -2.67. The highest BCUT2D eigenvalue weighted by Gasteiger charge is 2.71. The van der Waals surface area contributed by atoms with Crippen molar-refractivity contribution in [1.82, 2.24) is 0 Å². The number of phenolic OH excluding ortho intramolecular Hbond substituents is 1. The number of furan rings is 1. The highest BCUT2D eigenvalue weighted by Crippen LogP contribution is 2.65. The van der Waals surface area contributed by atoms with Crippen LogP contribution >= 0.6 is 0 Å². The highest BCUT2D eigenvalue weighted by molar-refractivity contribution is 6.25. The molecule has 0 amide bonds. The summed E-state index contributed by atoms with van der Waals surface area (Å²) in [6.07, 6.45) is 3.29. The predicted octanol–water partition coefficient (Wildman–Crippen LogP) is 4.61. The van der Waals surface area contributed by atoms with Gasteiger partial charge in [0.1, 0.15) is 22.8 Å². The lowest BCUT2D eigenvalue weighted by atomic mass is 9.44. The average Bonchev–Trinajstić information content (AvgIpc) is 3.30. The van der Waals surface area contributed by atoms with Crippen molar-refractivity contribution in [3.8, 4) is 16.9 Å². The number of carbonyl (C=O) groups excluding carboxylic acids is 3. The number of carbonyl (C=O) groups is 3. The number of phenols is 1. The summed E-state index contributed by atoms with van der Waals surface area (Å²) in [5, 5.41) is 45.6. The third kappa shape index (κ3) is 2.96. The molecule has 3 aliphatic rings. The van der Waals surface area contributed by atoms with Gasteiger partial charge in [-0.1, -0.05) is 33.8 Å². The molecule has 5 rings (SSSR count). The van der Waals surface area contributed by atoms with E-state index in [-0.39, 0.29) is 35.6 Å². The summed E-state index contributed by atoms with van der Waals surface area (Å²) >= 11 is 0. The quantitative estimate of drug-likeness (QED) is 0.442. The monoisotopic (exact) mass is 506 g/mol. The van der Waals surface area contributed by atoms with E-state index in [0.29, 0.717) is 16.7 Å². The molecule has 0 radical (unpaired) electrons. The molecule has 0 fully saturated rings. The number of hydrogen-bond acceptors (Lipinski definition) is 8. The zero-order valence-electron chi connectivity index (χ0n) is 21.4. The minimum atomic E-state index is -2.62. The third-order valence-corrected chi connectivity index (χ3v) is 8.72. The molecule has 4 N–H and O–H groups in total. The topological polar surface area (TPSA) is 145 Å². The maximum atomic E-state index is 14.0. The third-order valence-electron chi connectivity index (χ3n) is 8.72. The molecule has 0 aliphatic heterocycles. The fourth-order valence-electron chi connectivity index (χ4n) is 7.42. The molecule has 0 spiro atoms. The summed E-state index contributed by atoms with van der Waals surface area (Å²) in [6, 6.07) is 4.82. The Balaban J connectivity index is 1.83. The number of allylic oxidation sites excluding steroid dienone is 2. The van der Waals surface area contributed by atoms with E-state index in [2.05, 4.69) is 0 Å². The van der Waals surface area contributed by atoms with Crippen LogP contribution in [-0.2, 0) is 16.0 Å². The highest BCUT2D eigenvalue weighted by atomic mass is 16.4. The summed E-state index contributed by atoms with van der Waals surface area (Å²) in [5.41, 5.74) is -3.93. The van der Waals surface area contributed by atoms with Gasteiger partial charge >= 0.3 is 0 Å². The minimum Gasteiger partial charge on any atom is -0.511 e. The van der Waals surface area contributed by atoms with Gasteiger partial charge in [0.2, 0.25) is 5.78 Å². The Bertz CT molecular complexity index is 1440. The van der Waals surface area contributed by atoms with Crippen LogP contribution in [0.4, 0.5) is 0 Å². The molecule has 2 aromatic rings. The Morgan fingerprint density at radius 2 is 1.78 bits per heavy atom. The second-order valence-electron chi connectivity index (χ2n) is 11.5. The Morgan fingerprint density at radius 3 is 2.35 bits per heavy atom. The zero-order chi connectivity index (χ0) is 27.2. The number of aromatic hydroxyl groups is 1. The molecule has 1 aromatic heterocycles. The first-order valence-electron chi connectivity index (χ1n) is 12.3.